The summed E-state index contributed by atoms with van der Waals surface area (Å²) < 4.78 is 11.4. The van der Waals surface area contributed by atoms with Crippen LogP contribution in [0, 0.1) is 12.8 Å². The second-order valence-electron chi connectivity index (χ2n) is 6.69. The first-order valence-corrected chi connectivity index (χ1v) is 7.69. The standard InChI is InChI=1S/C16H27N3O2/c1-11-13(17-5)18-15(16(2,3)4)19-14(11)21-10-12-6-8-20-9-7-12/h12H,6-10H2,1-5H3,(H,17,18,19). The Morgan fingerprint density at radius 2 is 1.90 bits per heavy atom. The molecule has 2 heterocycles. The van der Waals surface area contributed by atoms with Crippen LogP contribution in [0.25, 0.3) is 0 Å². The normalized spacial score (nSPS) is 16.8. The van der Waals surface area contributed by atoms with Gasteiger partial charge in [-0.3, -0.25) is 0 Å². The molecular weight excluding hydrogens is 266 g/mol. The molecule has 0 unspecified atom stereocenters. The van der Waals surface area contributed by atoms with Crippen LogP contribution in [0.1, 0.15) is 45.0 Å². The highest BCUT2D eigenvalue weighted by Crippen LogP contribution is 2.28. The van der Waals surface area contributed by atoms with Crippen LogP contribution in [-0.4, -0.2) is 36.8 Å². The fourth-order valence-electron chi connectivity index (χ4n) is 2.33. The minimum atomic E-state index is -0.101. The predicted molar refractivity (Wildman–Crippen MR) is 84.1 cm³/mol. The molecule has 2 rings (SSSR count). The number of ether oxygens (including phenoxy) is 2. The number of hydrogen-bond donors (Lipinski definition) is 1. The molecule has 1 aromatic heterocycles. The summed E-state index contributed by atoms with van der Waals surface area (Å²) >= 11 is 0. The van der Waals surface area contributed by atoms with Crippen LogP contribution in [0.5, 0.6) is 5.88 Å². The van der Waals surface area contributed by atoms with Crippen LogP contribution in [0.4, 0.5) is 5.82 Å². The molecule has 0 spiro atoms. The lowest BCUT2D eigenvalue weighted by atomic mass is 9.95. The average molecular weight is 293 g/mol. The Bertz CT molecular complexity index is 477. The zero-order valence-electron chi connectivity index (χ0n) is 13.8. The van der Waals surface area contributed by atoms with Gasteiger partial charge in [-0.25, -0.2) is 4.98 Å². The Morgan fingerprint density at radius 3 is 2.48 bits per heavy atom. The Hall–Kier alpha value is -1.36. The highest BCUT2D eigenvalue weighted by Gasteiger charge is 2.22. The molecule has 0 radical (unpaired) electrons. The van der Waals surface area contributed by atoms with E-state index in [0.717, 1.165) is 43.3 Å². The van der Waals surface area contributed by atoms with Crippen LogP contribution in [0.2, 0.25) is 0 Å². The van der Waals surface area contributed by atoms with Crippen molar-refractivity contribution in [3.8, 4) is 5.88 Å². The fourth-order valence-corrected chi connectivity index (χ4v) is 2.33. The highest BCUT2D eigenvalue weighted by atomic mass is 16.5. The van der Waals surface area contributed by atoms with E-state index in [-0.39, 0.29) is 5.41 Å². The van der Waals surface area contributed by atoms with E-state index in [0.29, 0.717) is 18.4 Å². The Kier molecular flexibility index (Phi) is 5.04. The molecule has 0 amide bonds. The molecule has 1 N–H and O–H groups in total. The van der Waals surface area contributed by atoms with Gasteiger partial charge in [0.25, 0.3) is 0 Å². The van der Waals surface area contributed by atoms with Gasteiger partial charge in [0, 0.05) is 25.7 Å². The van der Waals surface area contributed by atoms with Gasteiger partial charge >= 0.3 is 0 Å². The van der Waals surface area contributed by atoms with Crippen molar-refractivity contribution in [2.45, 2.75) is 46.0 Å². The molecule has 5 nitrogen and oxygen atoms in total. The van der Waals surface area contributed by atoms with E-state index in [1.54, 1.807) is 0 Å². The Morgan fingerprint density at radius 1 is 1.24 bits per heavy atom. The van der Waals surface area contributed by atoms with Gasteiger partial charge in [-0.2, -0.15) is 4.98 Å². The van der Waals surface area contributed by atoms with E-state index in [4.69, 9.17) is 9.47 Å². The Labute approximate surface area is 127 Å². The molecule has 0 bridgehead atoms. The van der Waals surface area contributed by atoms with Gasteiger partial charge < -0.3 is 14.8 Å². The van der Waals surface area contributed by atoms with Crippen LogP contribution < -0.4 is 10.1 Å². The lowest BCUT2D eigenvalue weighted by Crippen LogP contribution is -2.23. The molecule has 1 saturated heterocycles. The summed E-state index contributed by atoms with van der Waals surface area (Å²) in [6, 6.07) is 0. The van der Waals surface area contributed by atoms with Crippen LogP contribution in [-0.2, 0) is 10.2 Å². The molecule has 0 atom stereocenters. The number of rotatable bonds is 4. The summed E-state index contributed by atoms with van der Waals surface area (Å²) in [5, 5.41) is 3.13. The maximum Gasteiger partial charge on any atom is 0.221 e. The third-order valence-corrected chi connectivity index (χ3v) is 3.81. The van der Waals surface area contributed by atoms with Crippen molar-refractivity contribution in [2.75, 3.05) is 32.2 Å². The molecule has 1 fully saturated rings. The van der Waals surface area contributed by atoms with Crippen LogP contribution in [0.15, 0.2) is 0 Å². The van der Waals surface area contributed by atoms with E-state index in [9.17, 15) is 0 Å². The average Bonchev–Trinajstić information content (AvgIpc) is 2.46. The first-order valence-electron chi connectivity index (χ1n) is 7.69. The van der Waals surface area contributed by atoms with E-state index in [1.807, 2.05) is 14.0 Å². The first kappa shape index (κ1) is 16.0. The van der Waals surface area contributed by atoms with Gasteiger partial charge in [0.15, 0.2) is 0 Å². The zero-order chi connectivity index (χ0) is 15.5. The van der Waals surface area contributed by atoms with Gasteiger partial charge in [-0.15, -0.1) is 0 Å². The van der Waals surface area contributed by atoms with E-state index in [2.05, 4.69) is 36.1 Å². The smallest absolute Gasteiger partial charge is 0.221 e. The molecule has 1 aromatic rings. The van der Waals surface area contributed by atoms with Crippen molar-refractivity contribution in [3.63, 3.8) is 0 Å². The van der Waals surface area contributed by atoms with Gasteiger partial charge in [0.1, 0.15) is 11.6 Å². The van der Waals surface area contributed by atoms with Gasteiger partial charge in [-0.1, -0.05) is 20.8 Å². The molecule has 5 heteroatoms. The summed E-state index contributed by atoms with van der Waals surface area (Å²) in [7, 11) is 1.88. The molecule has 1 aliphatic heterocycles. The molecule has 0 saturated carbocycles. The summed E-state index contributed by atoms with van der Waals surface area (Å²) in [6.07, 6.45) is 2.13. The van der Waals surface area contributed by atoms with Crippen molar-refractivity contribution >= 4 is 5.82 Å². The van der Waals surface area contributed by atoms with Crippen molar-refractivity contribution in [1.82, 2.24) is 9.97 Å². The molecule has 0 aromatic carbocycles. The van der Waals surface area contributed by atoms with Crippen molar-refractivity contribution in [3.05, 3.63) is 11.4 Å². The lowest BCUT2D eigenvalue weighted by Gasteiger charge is -2.24. The molecule has 0 aliphatic carbocycles. The predicted octanol–water partition coefficient (Wildman–Crippen LogP) is 2.93. The third-order valence-electron chi connectivity index (χ3n) is 3.81. The monoisotopic (exact) mass is 293 g/mol. The maximum atomic E-state index is 6.01. The Balaban J connectivity index is 2.16. The molecule has 1 aliphatic rings. The van der Waals surface area contributed by atoms with E-state index in [1.165, 1.54) is 0 Å². The highest BCUT2D eigenvalue weighted by molar-refractivity contribution is 5.48. The number of hydrogen-bond acceptors (Lipinski definition) is 5. The van der Waals surface area contributed by atoms with E-state index >= 15 is 0 Å². The molecule has 118 valence electrons. The largest absolute Gasteiger partial charge is 0.477 e. The second kappa shape index (κ2) is 6.60. The number of aromatic nitrogens is 2. The summed E-state index contributed by atoms with van der Waals surface area (Å²) in [5.74, 6) is 2.91. The van der Waals surface area contributed by atoms with Crippen LogP contribution in [0.3, 0.4) is 0 Å². The quantitative estimate of drug-likeness (QED) is 0.925. The number of anilines is 1. The summed E-state index contributed by atoms with van der Waals surface area (Å²) in [6.45, 7) is 10.7. The minimum Gasteiger partial charge on any atom is -0.477 e. The van der Waals surface area contributed by atoms with Gasteiger partial charge in [-0.05, 0) is 25.7 Å². The summed E-state index contributed by atoms with van der Waals surface area (Å²) in [4.78, 5) is 9.23. The van der Waals surface area contributed by atoms with Crippen molar-refractivity contribution in [2.24, 2.45) is 5.92 Å². The number of nitrogens with one attached hydrogen (secondary N) is 1. The van der Waals surface area contributed by atoms with Gasteiger partial charge in [0.2, 0.25) is 5.88 Å². The first-order chi connectivity index (χ1) is 9.91. The SMILES string of the molecule is CNc1nc(C(C)(C)C)nc(OCC2CCOCC2)c1C. The van der Waals surface area contributed by atoms with E-state index < -0.39 is 0 Å². The number of nitrogens with zero attached hydrogens (tertiary/aromatic N) is 2. The third kappa shape index (κ3) is 4.06. The maximum absolute atomic E-state index is 6.01. The molecule has 21 heavy (non-hydrogen) atoms. The zero-order valence-corrected chi connectivity index (χ0v) is 13.8. The van der Waals surface area contributed by atoms with Gasteiger partial charge in [0.05, 0.1) is 12.2 Å². The second-order valence-corrected chi connectivity index (χ2v) is 6.69. The summed E-state index contributed by atoms with van der Waals surface area (Å²) in [5.41, 5.74) is 0.869. The fraction of sp³-hybridized carbons (Fsp3) is 0.750. The van der Waals surface area contributed by atoms with Crippen molar-refractivity contribution < 1.29 is 9.47 Å². The molecular formula is C16H27N3O2. The topological polar surface area (TPSA) is 56.3 Å². The van der Waals surface area contributed by atoms with Crippen molar-refractivity contribution in [1.29, 1.82) is 0 Å². The van der Waals surface area contributed by atoms with Crippen LogP contribution >= 0.6 is 0 Å². The lowest BCUT2D eigenvalue weighted by molar-refractivity contribution is 0.0488. The minimum absolute atomic E-state index is 0.101.